The van der Waals surface area contributed by atoms with E-state index < -0.39 is 0 Å². The molecule has 6 rings (SSSR count). The normalized spacial score (nSPS) is 11.6. The summed E-state index contributed by atoms with van der Waals surface area (Å²) < 4.78 is 19.7. The summed E-state index contributed by atoms with van der Waals surface area (Å²) in [5.74, 6) is 0.929. The molecule has 2 N–H and O–H groups in total. The van der Waals surface area contributed by atoms with E-state index in [-0.39, 0.29) is 5.82 Å². The molecule has 0 aliphatic carbocycles. The summed E-state index contributed by atoms with van der Waals surface area (Å²) in [4.78, 5) is 23.6. The van der Waals surface area contributed by atoms with Crippen LogP contribution in [0.3, 0.4) is 0 Å². The van der Waals surface area contributed by atoms with Gasteiger partial charge in [-0.1, -0.05) is 12.1 Å². The highest BCUT2D eigenvalue weighted by atomic mass is 19.1. The van der Waals surface area contributed by atoms with Crippen molar-refractivity contribution in [1.29, 1.82) is 0 Å². The number of halogens is 1. The molecule has 0 radical (unpaired) electrons. The first-order chi connectivity index (χ1) is 18.0. The first kappa shape index (κ1) is 22.7. The second kappa shape index (κ2) is 9.40. The van der Waals surface area contributed by atoms with Gasteiger partial charge < -0.3 is 14.6 Å². The Labute approximate surface area is 211 Å². The van der Waals surface area contributed by atoms with Crippen LogP contribution in [0.4, 0.5) is 4.39 Å². The number of H-pyrrole nitrogens is 2. The lowest BCUT2D eigenvalue weighted by atomic mass is 10.1. The Balaban J connectivity index is 1.38. The lowest BCUT2D eigenvalue weighted by molar-refractivity contribution is 0.261. The molecular formula is C27H23FN8O. The van der Waals surface area contributed by atoms with Crippen LogP contribution in [0.1, 0.15) is 0 Å². The summed E-state index contributed by atoms with van der Waals surface area (Å²) in [6.45, 7) is 1.37. The summed E-state index contributed by atoms with van der Waals surface area (Å²) in [5, 5.41) is 8.38. The van der Waals surface area contributed by atoms with E-state index in [4.69, 9.17) is 9.72 Å². The minimum atomic E-state index is -0.327. The average Bonchev–Trinajstić information content (AvgIpc) is 3.52. The molecule has 6 aromatic rings. The number of hydrogen-bond acceptors (Lipinski definition) is 7. The third-order valence-electron chi connectivity index (χ3n) is 5.99. The van der Waals surface area contributed by atoms with E-state index in [0.29, 0.717) is 40.6 Å². The first-order valence-electron chi connectivity index (χ1n) is 11.7. The molecule has 0 spiro atoms. The zero-order valence-corrected chi connectivity index (χ0v) is 20.2. The monoisotopic (exact) mass is 494 g/mol. The third-order valence-corrected chi connectivity index (χ3v) is 5.99. The molecule has 184 valence electrons. The molecular weight excluding hydrogens is 471 g/mol. The van der Waals surface area contributed by atoms with Crippen LogP contribution in [0.15, 0.2) is 67.3 Å². The maximum atomic E-state index is 13.9. The topological polar surface area (TPSA) is 109 Å². The number of aromatic nitrogens is 7. The maximum absolute atomic E-state index is 13.9. The number of benzene rings is 1. The number of aromatic amines is 2. The Morgan fingerprint density at radius 1 is 0.946 bits per heavy atom. The SMILES string of the molecule is CN(C)CCOc1cncc(-c2cc3c(-c4nc5c(-c6cccc(F)c6)nccc5[nH]4)n[nH]c3cn2)c1. The van der Waals surface area contributed by atoms with Gasteiger partial charge in [0.05, 0.1) is 34.8 Å². The van der Waals surface area contributed by atoms with Crippen LogP contribution < -0.4 is 4.74 Å². The van der Waals surface area contributed by atoms with Gasteiger partial charge in [0.25, 0.3) is 0 Å². The number of hydrogen-bond donors (Lipinski definition) is 2. The van der Waals surface area contributed by atoms with E-state index >= 15 is 0 Å². The largest absolute Gasteiger partial charge is 0.491 e. The van der Waals surface area contributed by atoms with Gasteiger partial charge in [-0.05, 0) is 44.4 Å². The van der Waals surface area contributed by atoms with Crippen LogP contribution in [-0.4, -0.2) is 67.3 Å². The van der Waals surface area contributed by atoms with Crippen LogP contribution in [0.25, 0.3) is 56.0 Å². The summed E-state index contributed by atoms with van der Waals surface area (Å²) >= 11 is 0. The number of nitrogens with zero attached hydrogens (tertiary/aromatic N) is 6. The Kier molecular flexibility index (Phi) is 5.78. The van der Waals surface area contributed by atoms with E-state index in [9.17, 15) is 4.39 Å². The van der Waals surface area contributed by atoms with Crippen molar-refractivity contribution in [1.82, 2.24) is 40.0 Å². The van der Waals surface area contributed by atoms with Crippen molar-refractivity contribution < 1.29 is 9.13 Å². The lowest BCUT2D eigenvalue weighted by Crippen LogP contribution is -2.19. The molecule has 10 heteroatoms. The standard InChI is InChI=1S/C27H23FN8O/c1-36(2)8-9-37-19-11-17(13-29-14-19)22-12-20-23(15-31-22)34-35-25(20)27-32-21-6-7-30-24(26(21)33-27)16-4-3-5-18(28)10-16/h3-7,10-15H,8-9H2,1-2H3,(H,32,33)(H,34,35). The van der Waals surface area contributed by atoms with Crippen LogP contribution in [0.5, 0.6) is 5.75 Å². The van der Waals surface area contributed by atoms with Crippen molar-refractivity contribution in [3.05, 3.63) is 73.1 Å². The molecule has 5 aromatic heterocycles. The van der Waals surface area contributed by atoms with E-state index in [0.717, 1.165) is 34.2 Å². The molecule has 0 unspecified atom stereocenters. The Morgan fingerprint density at radius 3 is 2.73 bits per heavy atom. The second-order valence-electron chi connectivity index (χ2n) is 8.90. The van der Waals surface area contributed by atoms with Gasteiger partial charge in [0.2, 0.25) is 0 Å². The van der Waals surface area contributed by atoms with Crippen molar-refractivity contribution in [3.8, 4) is 39.8 Å². The number of pyridine rings is 3. The van der Waals surface area contributed by atoms with Crippen LogP contribution >= 0.6 is 0 Å². The number of imidazole rings is 1. The summed E-state index contributed by atoms with van der Waals surface area (Å²) in [6.07, 6.45) is 6.86. The van der Waals surface area contributed by atoms with Crippen molar-refractivity contribution in [3.63, 3.8) is 0 Å². The van der Waals surface area contributed by atoms with Gasteiger partial charge in [-0.3, -0.25) is 20.1 Å². The van der Waals surface area contributed by atoms with Crippen molar-refractivity contribution >= 4 is 21.9 Å². The van der Waals surface area contributed by atoms with E-state index in [2.05, 4.69) is 35.0 Å². The molecule has 0 bridgehead atoms. The molecule has 37 heavy (non-hydrogen) atoms. The third kappa shape index (κ3) is 4.50. The van der Waals surface area contributed by atoms with Crippen LogP contribution in [0.2, 0.25) is 0 Å². The first-order valence-corrected chi connectivity index (χ1v) is 11.7. The summed E-state index contributed by atoms with van der Waals surface area (Å²) in [7, 11) is 4.00. The molecule has 1 aromatic carbocycles. The number of likely N-dealkylation sites (N-methyl/N-ethyl adjacent to an activating group) is 1. The highest BCUT2D eigenvalue weighted by Crippen LogP contribution is 2.32. The van der Waals surface area contributed by atoms with E-state index in [1.54, 1.807) is 30.9 Å². The smallest absolute Gasteiger partial charge is 0.159 e. The predicted molar refractivity (Wildman–Crippen MR) is 139 cm³/mol. The van der Waals surface area contributed by atoms with Crippen molar-refractivity contribution in [2.24, 2.45) is 0 Å². The number of rotatable bonds is 7. The second-order valence-corrected chi connectivity index (χ2v) is 8.90. The van der Waals surface area contributed by atoms with E-state index in [1.165, 1.54) is 12.1 Å². The highest BCUT2D eigenvalue weighted by Gasteiger charge is 2.17. The zero-order chi connectivity index (χ0) is 25.4. The average molecular weight is 495 g/mol. The Hall–Kier alpha value is -4.70. The van der Waals surface area contributed by atoms with Crippen LogP contribution in [0, 0.1) is 5.82 Å². The fraction of sp³-hybridized carbons (Fsp3) is 0.148. The zero-order valence-electron chi connectivity index (χ0n) is 20.2. The van der Waals surface area contributed by atoms with Gasteiger partial charge in [0.15, 0.2) is 5.82 Å². The van der Waals surface area contributed by atoms with E-state index in [1.807, 2.05) is 38.4 Å². The molecule has 0 amide bonds. The molecule has 0 saturated carbocycles. The fourth-order valence-electron chi connectivity index (χ4n) is 4.13. The Bertz CT molecular complexity index is 1720. The number of ether oxygens (including phenoxy) is 1. The van der Waals surface area contributed by atoms with Crippen molar-refractivity contribution in [2.75, 3.05) is 27.2 Å². The maximum Gasteiger partial charge on any atom is 0.159 e. The fourth-order valence-corrected chi connectivity index (χ4v) is 4.13. The molecule has 0 aliphatic heterocycles. The lowest BCUT2D eigenvalue weighted by Gasteiger charge is -2.11. The van der Waals surface area contributed by atoms with Crippen LogP contribution in [-0.2, 0) is 0 Å². The summed E-state index contributed by atoms with van der Waals surface area (Å²) in [6, 6.07) is 12.0. The molecule has 9 nitrogen and oxygen atoms in total. The minimum Gasteiger partial charge on any atom is -0.491 e. The van der Waals surface area contributed by atoms with Gasteiger partial charge in [-0.15, -0.1) is 0 Å². The number of fused-ring (bicyclic) bond motifs is 2. The predicted octanol–water partition coefficient (Wildman–Crippen LogP) is 4.70. The van der Waals surface area contributed by atoms with Gasteiger partial charge in [0.1, 0.15) is 29.4 Å². The molecule has 0 aliphatic rings. The van der Waals surface area contributed by atoms with Gasteiger partial charge in [-0.25, -0.2) is 9.37 Å². The summed E-state index contributed by atoms with van der Waals surface area (Å²) in [5.41, 5.74) is 5.65. The molecule has 0 fully saturated rings. The molecule has 0 atom stereocenters. The highest BCUT2D eigenvalue weighted by molar-refractivity contribution is 5.96. The molecule has 5 heterocycles. The minimum absolute atomic E-state index is 0.327. The number of nitrogens with one attached hydrogen (secondary N) is 2. The Morgan fingerprint density at radius 2 is 1.86 bits per heavy atom. The van der Waals surface area contributed by atoms with Gasteiger partial charge >= 0.3 is 0 Å². The quantitative estimate of drug-likeness (QED) is 0.331. The van der Waals surface area contributed by atoms with Gasteiger partial charge in [0, 0.05) is 35.5 Å². The molecule has 0 saturated heterocycles. The van der Waals surface area contributed by atoms with Gasteiger partial charge in [-0.2, -0.15) is 5.10 Å². The van der Waals surface area contributed by atoms with Crippen molar-refractivity contribution in [2.45, 2.75) is 0 Å².